The summed E-state index contributed by atoms with van der Waals surface area (Å²) < 4.78 is 16.8. The van der Waals surface area contributed by atoms with Gasteiger partial charge < -0.3 is 44.8 Å². The van der Waals surface area contributed by atoms with Crippen LogP contribution in [-0.2, 0) is 19.0 Å². The maximum absolute atomic E-state index is 12.4. The van der Waals surface area contributed by atoms with Crippen molar-refractivity contribution in [1.82, 2.24) is 0 Å². The van der Waals surface area contributed by atoms with Crippen LogP contribution in [0.3, 0.4) is 0 Å². The minimum Gasteiger partial charge on any atom is -0.458 e. The molecule has 2 aliphatic heterocycles. The SMILES string of the molecule is C[C@]12CC[C@@H](O[C@@H]3O[C@H](CO)[C@@H](O)[C@H](O)[C@H]3O)C[C@@]1(O)CC[C@H]1[C@@H]2CC[C@]2(C)[C@@H](C3=CC(=O)OC3)CC[C@]12O. The Balaban J connectivity index is 1.19. The van der Waals surface area contributed by atoms with Gasteiger partial charge in [-0.25, -0.2) is 4.79 Å². The van der Waals surface area contributed by atoms with Crippen LogP contribution < -0.4 is 0 Å². The lowest BCUT2D eigenvalue weighted by Crippen LogP contribution is -2.67. The second-order valence-electron chi connectivity index (χ2n) is 13.7. The lowest BCUT2D eigenvalue weighted by molar-refractivity contribution is -0.324. The normalized spacial score (nSPS) is 55.3. The summed E-state index contributed by atoms with van der Waals surface area (Å²) >= 11 is 0. The van der Waals surface area contributed by atoms with Crippen LogP contribution in [0.25, 0.3) is 0 Å². The number of aliphatic hydroxyl groups excluding tert-OH is 4. The molecule has 6 aliphatic rings. The van der Waals surface area contributed by atoms with Crippen molar-refractivity contribution in [2.45, 2.75) is 120 Å². The van der Waals surface area contributed by atoms with Crippen molar-refractivity contribution >= 4 is 5.97 Å². The smallest absolute Gasteiger partial charge is 0.331 e. The van der Waals surface area contributed by atoms with E-state index in [-0.39, 0.29) is 29.1 Å². The van der Waals surface area contributed by atoms with Crippen LogP contribution in [0.2, 0.25) is 0 Å². The summed E-state index contributed by atoms with van der Waals surface area (Å²) in [4.78, 5) is 11.8. The van der Waals surface area contributed by atoms with Crippen LogP contribution in [-0.4, -0.2) is 97.8 Å². The Morgan fingerprint density at radius 2 is 1.64 bits per heavy atom. The molecule has 2 heterocycles. The Bertz CT molecular complexity index is 1020. The molecular weight excluding hydrogens is 508 g/mol. The molecule has 0 amide bonds. The highest BCUT2D eigenvalue weighted by Crippen LogP contribution is 2.70. The van der Waals surface area contributed by atoms with Crippen molar-refractivity contribution in [1.29, 1.82) is 0 Å². The molecule has 0 radical (unpaired) electrons. The molecule has 0 spiro atoms. The highest BCUT2D eigenvalue weighted by atomic mass is 16.7. The molecule has 13 atom stereocenters. The molecule has 1 saturated heterocycles. The minimum absolute atomic E-state index is 0.0491. The van der Waals surface area contributed by atoms with E-state index in [9.17, 15) is 35.4 Å². The summed E-state index contributed by atoms with van der Waals surface area (Å²) in [7, 11) is 0. The molecule has 0 aromatic rings. The van der Waals surface area contributed by atoms with E-state index in [0.717, 1.165) is 24.8 Å². The average Bonchev–Trinajstić information content (AvgIpc) is 3.44. The number of carbonyl (C=O) groups excluding carboxylic acids is 1. The van der Waals surface area contributed by atoms with Gasteiger partial charge in [-0.15, -0.1) is 0 Å². The maximum atomic E-state index is 12.4. The zero-order valence-corrected chi connectivity index (χ0v) is 22.9. The standard InChI is InChI=1S/C29H44O10/c1-26-7-3-16(38-25-24(34)23(33)22(32)20(13-30)39-25)12-28(26,35)9-5-19-18(26)4-8-27(2)17(6-10-29(19,27)36)15-11-21(31)37-14-15/h11,16-20,22-25,30,32-36H,3-10,12-14H2,1-2H3/t16-,17-,18+,19+,20-,22-,23+,24-,25-,26-,27-,28+,29+/m1/s1. The van der Waals surface area contributed by atoms with E-state index in [0.29, 0.717) is 45.1 Å². The zero-order chi connectivity index (χ0) is 28.0. The quantitative estimate of drug-likeness (QED) is 0.214. The Hall–Kier alpha value is -1.11. The van der Waals surface area contributed by atoms with Crippen molar-refractivity contribution in [2.24, 2.45) is 28.6 Å². The van der Waals surface area contributed by atoms with Gasteiger partial charge in [0, 0.05) is 17.9 Å². The molecule has 10 heteroatoms. The Morgan fingerprint density at radius 1 is 0.923 bits per heavy atom. The van der Waals surface area contributed by atoms with Crippen molar-refractivity contribution in [3.63, 3.8) is 0 Å². The molecule has 10 nitrogen and oxygen atoms in total. The average molecular weight is 553 g/mol. The van der Waals surface area contributed by atoms with Gasteiger partial charge in [-0.05, 0) is 80.1 Å². The van der Waals surface area contributed by atoms with E-state index in [1.165, 1.54) is 0 Å². The molecule has 0 unspecified atom stereocenters. The van der Waals surface area contributed by atoms with Crippen LogP contribution in [0.5, 0.6) is 0 Å². The third kappa shape index (κ3) is 3.93. The topological polar surface area (TPSA) is 166 Å². The van der Waals surface area contributed by atoms with Gasteiger partial charge in [-0.3, -0.25) is 0 Å². The first-order valence-electron chi connectivity index (χ1n) is 14.6. The number of hydrogen-bond acceptors (Lipinski definition) is 10. The predicted molar refractivity (Wildman–Crippen MR) is 136 cm³/mol. The molecule has 5 fully saturated rings. The minimum atomic E-state index is -1.51. The van der Waals surface area contributed by atoms with Crippen LogP contribution >= 0.6 is 0 Å². The molecule has 6 N–H and O–H groups in total. The molecule has 4 saturated carbocycles. The molecule has 0 aromatic carbocycles. The lowest BCUT2D eigenvalue weighted by Gasteiger charge is -2.66. The van der Waals surface area contributed by atoms with E-state index < -0.39 is 60.0 Å². The number of ether oxygens (including phenoxy) is 3. The lowest BCUT2D eigenvalue weighted by atomic mass is 9.42. The molecule has 6 rings (SSSR count). The van der Waals surface area contributed by atoms with Crippen LogP contribution in [0.4, 0.5) is 0 Å². The van der Waals surface area contributed by atoms with Gasteiger partial charge in [-0.2, -0.15) is 0 Å². The van der Waals surface area contributed by atoms with Gasteiger partial charge in [0.2, 0.25) is 0 Å². The molecule has 39 heavy (non-hydrogen) atoms. The third-order valence-electron chi connectivity index (χ3n) is 12.3. The summed E-state index contributed by atoms with van der Waals surface area (Å²) in [5.74, 6) is 0.00615. The molecule has 220 valence electrons. The molecule has 0 aromatic heterocycles. The highest BCUT2D eigenvalue weighted by Gasteiger charge is 2.70. The van der Waals surface area contributed by atoms with Crippen LogP contribution in [0.15, 0.2) is 11.6 Å². The monoisotopic (exact) mass is 552 g/mol. The second-order valence-corrected chi connectivity index (χ2v) is 13.7. The fraction of sp³-hybridized carbons (Fsp3) is 0.897. The highest BCUT2D eigenvalue weighted by molar-refractivity contribution is 5.85. The Labute approximate surface area is 229 Å². The van der Waals surface area contributed by atoms with E-state index >= 15 is 0 Å². The number of fused-ring (bicyclic) bond motifs is 5. The molecular formula is C29H44O10. The van der Waals surface area contributed by atoms with Gasteiger partial charge in [0.1, 0.15) is 31.0 Å². The second kappa shape index (κ2) is 9.46. The predicted octanol–water partition coefficient (Wildman–Crippen LogP) is 0.543. The summed E-state index contributed by atoms with van der Waals surface area (Å²) in [6, 6.07) is 0. The van der Waals surface area contributed by atoms with E-state index in [4.69, 9.17) is 14.2 Å². The Morgan fingerprint density at radius 3 is 2.33 bits per heavy atom. The Kier molecular flexibility index (Phi) is 6.80. The van der Waals surface area contributed by atoms with Crippen molar-refractivity contribution in [3.8, 4) is 0 Å². The van der Waals surface area contributed by atoms with Gasteiger partial charge in [0.15, 0.2) is 6.29 Å². The van der Waals surface area contributed by atoms with Crippen molar-refractivity contribution in [3.05, 3.63) is 11.6 Å². The largest absolute Gasteiger partial charge is 0.458 e. The maximum Gasteiger partial charge on any atom is 0.331 e. The summed E-state index contributed by atoms with van der Waals surface area (Å²) in [5, 5.41) is 64.7. The fourth-order valence-electron chi connectivity index (χ4n) is 9.85. The van der Waals surface area contributed by atoms with Gasteiger partial charge in [0.25, 0.3) is 0 Å². The van der Waals surface area contributed by atoms with Crippen molar-refractivity contribution in [2.75, 3.05) is 13.2 Å². The summed E-state index contributed by atoms with van der Waals surface area (Å²) in [5.41, 5.74) is -1.67. The zero-order valence-electron chi connectivity index (χ0n) is 22.9. The van der Waals surface area contributed by atoms with Crippen LogP contribution in [0, 0.1) is 28.6 Å². The fourth-order valence-corrected chi connectivity index (χ4v) is 9.85. The van der Waals surface area contributed by atoms with Crippen LogP contribution in [0.1, 0.15) is 71.6 Å². The number of esters is 1. The number of rotatable bonds is 4. The van der Waals surface area contributed by atoms with Gasteiger partial charge in [0.05, 0.1) is 23.9 Å². The van der Waals surface area contributed by atoms with Gasteiger partial charge in [-0.1, -0.05) is 13.8 Å². The van der Waals surface area contributed by atoms with Gasteiger partial charge >= 0.3 is 5.97 Å². The number of cyclic esters (lactones) is 1. The number of carbonyl (C=O) groups is 1. The molecule has 4 aliphatic carbocycles. The van der Waals surface area contributed by atoms with Crippen molar-refractivity contribution < 1.29 is 49.6 Å². The summed E-state index contributed by atoms with van der Waals surface area (Å²) in [6.45, 7) is 4.12. The van der Waals surface area contributed by atoms with E-state index in [2.05, 4.69) is 13.8 Å². The van der Waals surface area contributed by atoms with E-state index in [1.54, 1.807) is 6.08 Å². The van der Waals surface area contributed by atoms with E-state index in [1.807, 2.05) is 0 Å². The first-order chi connectivity index (χ1) is 18.4. The first-order valence-corrected chi connectivity index (χ1v) is 14.6. The number of aliphatic hydroxyl groups is 6. The number of hydrogen-bond donors (Lipinski definition) is 6. The first kappa shape index (κ1) is 28.0. The summed E-state index contributed by atoms with van der Waals surface area (Å²) in [6.07, 6.45) is 0.543. The molecule has 0 bridgehead atoms. The third-order valence-corrected chi connectivity index (χ3v) is 12.3.